The Morgan fingerprint density at radius 1 is 1.17 bits per heavy atom. The van der Waals surface area contributed by atoms with E-state index < -0.39 is 0 Å². The fourth-order valence-electron chi connectivity index (χ4n) is 2.38. The molecule has 2 aromatic carbocycles. The van der Waals surface area contributed by atoms with Crippen LogP contribution < -0.4 is 10.1 Å². The van der Waals surface area contributed by atoms with E-state index in [0.29, 0.717) is 22.8 Å². The molecular weight excluding hydrogens is 309 g/mol. The summed E-state index contributed by atoms with van der Waals surface area (Å²) in [7, 11) is 1.51. The van der Waals surface area contributed by atoms with Crippen LogP contribution in [0.1, 0.15) is 16.1 Å². The highest BCUT2D eigenvalue weighted by atomic mass is 19.1. The highest BCUT2D eigenvalue weighted by molar-refractivity contribution is 6.05. The zero-order chi connectivity index (χ0) is 17.1. The summed E-state index contributed by atoms with van der Waals surface area (Å²) in [4.78, 5) is 12.5. The van der Waals surface area contributed by atoms with Crippen LogP contribution in [0.25, 0.3) is 5.69 Å². The maximum atomic E-state index is 13.1. The fraction of sp³-hybridized carbons (Fsp3) is 0.111. The summed E-state index contributed by atoms with van der Waals surface area (Å²) < 4.78 is 19.9. The highest BCUT2D eigenvalue weighted by Gasteiger charge is 2.15. The van der Waals surface area contributed by atoms with Gasteiger partial charge in [-0.05, 0) is 43.3 Å². The third-order valence-corrected chi connectivity index (χ3v) is 3.50. The van der Waals surface area contributed by atoms with Gasteiger partial charge in [-0.15, -0.1) is 0 Å². The van der Waals surface area contributed by atoms with Gasteiger partial charge in [-0.1, -0.05) is 12.1 Å². The molecule has 1 N–H and O–H groups in total. The van der Waals surface area contributed by atoms with E-state index in [0.717, 1.165) is 5.69 Å². The predicted molar refractivity (Wildman–Crippen MR) is 89.2 cm³/mol. The Morgan fingerprint density at radius 3 is 2.58 bits per heavy atom. The maximum Gasteiger partial charge on any atom is 0.260 e. The highest BCUT2D eigenvalue weighted by Crippen LogP contribution is 2.21. The quantitative estimate of drug-likeness (QED) is 0.797. The van der Waals surface area contributed by atoms with Crippen molar-refractivity contribution < 1.29 is 13.9 Å². The molecule has 3 aromatic rings. The molecule has 24 heavy (non-hydrogen) atoms. The Bertz CT molecular complexity index is 872. The first-order valence-corrected chi connectivity index (χ1v) is 7.35. The van der Waals surface area contributed by atoms with Crippen LogP contribution >= 0.6 is 0 Å². The van der Waals surface area contributed by atoms with Crippen molar-refractivity contribution in [2.45, 2.75) is 6.92 Å². The SMILES string of the molecule is COc1ccccc1C(=O)Nc1cc(C)nn1-c1ccc(F)cc1. The zero-order valence-electron chi connectivity index (χ0n) is 13.3. The van der Waals surface area contributed by atoms with Gasteiger partial charge in [-0.2, -0.15) is 5.10 Å². The number of nitrogens with one attached hydrogen (secondary N) is 1. The number of nitrogens with zero attached hydrogens (tertiary/aromatic N) is 2. The number of aromatic nitrogens is 2. The molecule has 0 aliphatic carbocycles. The van der Waals surface area contributed by atoms with Crippen molar-refractivity contribution in [1.29, 1.82) is 0 Å². The molecule has 1 aromatic heterocycles. The lowest BCUT2D eigenvalue weighted by atomic mass is 10.2. The van der Waals surface area contributed by atoms with Gasteiger partial charge in [0.1, 0.15) is 17.4 Å². The van der Waals surface area contributed by atoms with Crippen molar-refractivity contribution in [1.82, 2.24) is 9.78 Å². The lowest BCUT2D eigenvalue weighted by Gasteiger charge is -2.11. The molecule has 6 heteroatoms. The van der Waals surface area contributed by atoms with Gasteiger partial charge in [0.2, 0.25) is 0 Å². The van der Waals surface area contributed by atoms with Gasteiger partial charge < -0.3 is 10.1 Å². The molecule has 122 valence electrons. The van der Waals surface area contributed by atoms with Crippen LogP contribution in [-0.4, -0.2) is 22.8 Å². The molecule has 0 radical (unpaired) electrons. The number of carbonyl (C=O) groups is 1. The molecule has 3 rings (SSSR count). The fourth-order valence-corrected chi connectivity index (χ4v) is 2.38. The molecule has 0 spiro atoms. The van der Waals surface area contributed by atoms with Gasteiger partial charge >= 0.3 is 0 Å². The Labute approximate surface area is 138 Å². The van der Waals surface area contributed by atoms with Crippen LogP contribution in [0.2, 0.25) is 0 Å². The van der Waals surface area contributed by atoms with E-state index in [9.17, 15) is 9.18 Å². The van der Waals surface area contributed by atoms with Crippen molar-refractivity contribution in [3.05, 3.63) is 71.7 Å². The van der Waals surface area contributed by atoms with Crippen molar-refractivity contribution in [2.24, 2.45) is 0 Å². The van der Waals surface area contributed by atoms with Crippen molar-refractivity contribution in [2.75, 3.05) is 12.4 Å². The molecule has 1 heterocycles. The summed E-state index contributed by atoms with van der Waals surface area (Å²) in [6.45, 7) is 1.82. The minimum Gasteiger partial charge on any atom is -0.496 e. The Morgan fingerprint density at radius 2 is 1.88 bits per heavy atom. The summed E-state index contributed by atoms with van der Waals surface area (Å²) in [6, 6.07) is 14.6. The summed E-state index contributed by atoms with van der Waals surface area (Å²) in [5.41, 5.74) is 1.80. The molecule has 0 fully saturated rings. The van der Waals surface area contributed by atoms with Crippen LogP contribution in [0.5, 0.6) is 5.75 Å². The van der Waals surface area contributed by atoms with Crippen molar-refractivity contribution >= 4 is 11.7 Å². The maximum absolute atomic E-state index is 13.1. The average molecular weight is 325 g/mol. The number of halogens is 1. The number of rotatable bonds is 4. The van der Waals surface area contributed by atoms with E-state index in [1.165, 1.54) is 19.2 Å². The number of hydrogen-bond donors (Lipinski definition) is 1. The number of carbonyl (C=O) groups excluding carboxylic acids is 1. The predicted octanol–water partition coefficient (Wildman–Crippen LogP) is 3.58. The summed E-state index contributed by atoms with van der Waals surface area (Å²) >= 11 is 0. The van der Waals surface area contributed by atoms with E-state index >= 15 is 0 Å². The number of ether oxygens (including phenoxy) is 1. The normalized spacial score (nSPS) is 10.5. The van der Waals surface area contributed by atoms with Gasteiger partial charge in [0.15, 0.2) is 0 Å². The van der Waals surface area contributed by atoms with Crippen LogP contribution in [-0.2, 0) is 0 Å². The van der Waals surface area contributed by atoms with E-state index in [1.807, 2.05) is 6.92 Å². The summed E-state index contributed by atoms with van der Waals surface area (Å²) in [5, 5.41) is 7.17. The number of methoxy groups -OCH3 is 1. The van der Waals surface area contributed by atoms with Crippen molar-refractivity contribution in [3.8, 4) is 11.4 Å². The zero-order valence-corrected chi connectivity index (χ0v) is 13.3. The first-order chi connectivity index (χ1) is 11.6. The third kappa shape index (κ3) is 3.12. The first-order valence-electron chi connectivity index (χ1n) is 7.35. The van der Waals surface area contributed by atoms with Crippen LogP contribution in [0.3, 0.4) is 0 Å². The topological polar surface area (TPSA) is 56.1 Å². The second-order valence-corrected chi connectivity index (χ2v) is 5.21. The van der Waals surface area contributed by atoms with Crippen LogP contribution in [0.15, 0.2) is 54.6 Å². The van der Waals surface area contributed by atoms with Crippen molar-refractivity contribution in [3.63, 3.8) is 0 Å². The van der Waals surface area contributed by atoms with Crippen LogP contribution in [0.4, 0.5) is 10.2 Å². The van der Waals surface area contributed by atoms with Gasteiger partial charge in [-0.3, -0.25) is 4.79 Å². The largest absolute Gasteiger partial charge is 0.496 e. The van der Waals surface area contributed by atoms with E-state index in [-0.39, 0.29) is 11.7 Å². The second-order valence-electron chi connectivity index (χ2n) is 5.21. The van der Waals surface area contributed by atoms with Gasteiger partial charge in [0.25, 0.3) is 5.91 Å². The molecule has 0 atom stereocenters. The molecular formula is C18H16FN3O2. The minimum absolute atomic E-state index is 0.310. The molecule has 0 bridgehead atoms. The number of hydrogen-bond acceptors (Lipinski definition) is 3. The Balaban J connectivity index is 1.93. The number of anilines is 1. The lowest BCUT2D eigenvalue weighted by molar-refractivity contribution is 0.102. The Hall–Kier alpha value is -3.15. The number of benzene rings is 2. The van der Waals surface area contributed by atoms with Gasteiger partial charge in [-0.25, -0.2) is 9.07 Å². The molecule has 0 unspecified atom stereocenters. The average Bonchev–Trinajstić information content (AvgIpc) is 2.95. The van der Waals surface area contributed by atoms with Gasteiger partial charge in [0.05, 0.1) is 24.1 Å². The van der Waals surface area contributed by atoms with Gasteiger partial charge in [0, 0.05) is 6.07 Å². The summed E-state index contributed by atoms with van der Waals surface area (Å²) in [6.07, 6.45) is 0. The molecule has 0 aliphatic heterocycles. The molecule has 0 saturated heterocycles. The standard InChI is InChI=1S/C18H16FN3O2/c1-12-11-17(22(21-12)14-9-7-13(19)8-10-14)20-18(23)15-5-3-4-6-16(15)24-2/h3-11H,1-2H3,(H,20,23). The third-order valence-electron chi connectivity index (χ3n) is 3.50. The van der Waals surface area contributed by atoms with E-state index in [1.54, 1.807) is 47.1 Å². The van der Waals surface area contributed by atoms with E-state index in [2.05, 4.69) is 10.4 Å². The smallest absolute Gasteiger partial charge is 0.260 e. The lowest BCUT2D eigenvalue weighted by Crippen LogP contribution is -2.16. The Kier molecular flexibility index (Phi) is 4.29. The van der Waals surface area contributed by atoms with Crippen LogP contribution in [0, 0.1) is 12.7 Å². The number of amides is 1. The molecule has 5 nitrogen and oxygen atoms in total. The summed E-state index contributed by atoms with van der Waals surface area (Å²) in [5.74, 6) is 0.340. The van der Waals surface area contributed by atoms with E-state index in [4.69, 9.17) is 4.74 Å². The number of aryl methyl sites for hydroxylation is 1. The first kappa shape index (κ1) is 15.7. The molecule has 1 amide bonds. The molecule has 0 saturated carbocycles. The minimum atomic E-state index is -0.331. The second kappa shape index (κ2) is 6.54. The monoisotopic (exact) mass is 325 g/mol. The number of para-hydroxylation sites is 1. The molecule has 0 aliphatic rings.